The van der Waals surface area contributed by atoms with Crippen LogP contribution in [-0.4, -0.2) is 5.78 Å². The molecular weight excluding hydrogens is 239 g/mol. The van der Waals surface area contributed by atoms with Gasteiger partial charge in [0, 0.05) is 12.3 Å². The van der Waals surface area contributed by atoms with Crippen molar-refractivity contribution < 1.29 is 9.18 Å². The lowest BCUT2D eigenvalue weighted by Crippen LogP contribution is -2.28. The van der Waals surface area contributed by atoms with Crippen LogP contribution in [0.15, 0.2) is 24.3 Å². The highest BCUT2D eigenvalue weighted by molar-refractivity contribution is 5.82. The summed E-state index contributed by atoms with van der Waals surface area (Å²) in [6, 6.07) is 6.80. The van der Waals surface area contributed by atoms with Crippen LogP contribution in [0.4, 0.5) is 4.39 Å². The van der Waals surface area contributed by atoms with Gasteiger partial charge in [0.15, 0.2) is 0 Å². The van der Waals surface area contributed by atoms with Crippen LogP contribution in [0.3, 0.4) is 0 Å². The highest BCUT2D eigenvalue weighted by Gasteiger charge is 2.30. The van der Waals surface area contributed by atoms with Crippen LogP contribution in [0, 0.1) is 11.7 Å². The second-order valence-corrected chi connectivity index (χ2v) is 6.34. The normalized spacial score (nSPS) is 17.4. The van der Waals surface area contributed by atoms with Crippen LogP contribution in [0.1, 0.15) is 57.9 Å². The number of rotatable bonds is 4. The van der Waals surface area contributed by atoms with Gasteiger partial charge >= 0.3 is 0 Å². The van der Waals surface area contributed by atoms with E-state index in [4.69, 9.17) is 0 Å². The second kappa shape index (κ2) is 5.85. The number of ketones is 1. The molecule has 1 aliphatic rings. The number of hydrogen-bond acceptors (Lipinski definition) is 1. The Labute approximate surface area is 115 Å². The van der Waals surface area contributed by atoms with Crippen molar-refractivity contribution in [2.75, 3.05) is 0 Å². The Morgan fingerprint density at radius 2 is 1.84 bits per heavy atom. The fraction of sp³-hybridized carbons (Fsp3) is 0.588. The molecule has 0 radical (unpaired) electrons. The molecule has 2 heteroatoms. The zero-order chi connectivity index (χ0) is 13.9. The van der Waals surface area contributed by atoms with Gasteiger partial charge in [0.2, 0.25) is 0 Å². The largest absolute Gasteiger partial charge is 0.299 e. The summed E-state index contributed by atoms with van der Waals surface area (Å²) in [5, 5.41) is 0. The number of carbonyl (C=O) groups is 1. The van der Waals surface area contributed by atoms with Gasteiger partial charge in [-0.25, -0.2) is 4.39 Å². The molecule has 1 aromatic rings. The molecule has 1 nitrogen and oxygen atoms in total. The SMILES string of the molecule is CC(C)(CC(=O)C1CCCCC1)c1ccccc1F. The summed E-state index contributed by atoms with van der Waals surface area (Å²) in [5.41, 5.74) is 0.235. The van der Waals surface area contributed by atoms with E-state index >= 15 is 0 Å². The van der Waals surface area contributed by atoms with E-state index in [1.165, 1.54) is 12.5 Å². The first-order chi connectivity index (χ1) is 9.00. The van der Waals surface area contributed by atoms with Gasteiger partial charge in [0.1, 0.15) is 11.6 Å². The summed E-state index contributed by atoms with van der Waals surface area (Å²) in [6.45, 7) is 3.93. The Balaban J connectivity index is 2.08. The van der Waals surface area contributed by atoms with Crippen LogP contribution in [-0.2, 0) is 10.2 Å². The zero-order valence-corrected chi connectivity index (χ0v) is 11.9. The third-order valence-electron chi connectivity index (χ3n) is 4.28. The van der Waals surface area contributed by atoms with E-state index in [-0.39, 0.29) is 11.7 Å². The number of halogens is 1. The lowest BCUT2D eigenvalue weighted by atomic mass is 9.75. The minimum Gasteiger partial charge on any atom is -0.299 e. The van der Waals surface area contributed by atoms with Crippen LogP contribution < -0.4 is 0 Å². The van der Waals surface area contributed by atoms with Gasteiger partial charge in [-0.3, -0.25) is 4.79 Å². The molecule has 0 saturated heterocycles. The summed E-state index contributed by atoms with van der Waals surface area (Å²) < 4.78 is 13.9. The minimum absolute atomic E-state index is 0.205. The standard InChI is InChI=1S/C17H23FO/c1-17(2,14-10-6-7-11-15(14)18)12-16(19)13-8-4-3-5-9-13/h6-7,10-11,13H,3-5,8-9,12H2,1-2H3. The summed E-state index contributed by atoms with van der Waals surface area (Å²) >= 11 is 0. The fourth-order valence-electron chi connectivity index (χ4n) is 3.11. The topological polar surface area (TPSA) is 17.1 Å². The van der Waals surface area contributed by atoms with Crippen molar-refractivity contribution in [3.63, 3.8) is 0 Å². The van der Waals surface area contributed by atoms with E-state index in [1.54, 1.807) is 12.1 Å². The van der Waals surface area contributed by atoms with E-state index in [2.05, 4.69) is 0 Å². The quantitative estimate of drug-likeness (QED) is 0.772. The zero-order valence-electron chi connectivity index (χ0n) is 11.9. The second-order valence-electron chi connectivity index (χ2n) is 6.34. The number of hydrogen-bond donors (Lipinski definition) is 0. The van der Waals surface area contributed by atoms with E-state index in [1.807, 2.05) is 19.9 Å². The first-order valence-electron chi connectivity index (χ1n) is 7.28. The van der Waals surface area contributed by atoms with E-state index < -0.39 is 5.41 Å². The number of benzene rings is 1. The molecule has 2 rings (SSSR count). The van der Waals surface area contributed by atoms with Gasteiger partial charge in [-0.15, -0.1) is 0 Å². The fourth-order valence-corrected chi connectivity index (χ4v) is 3.11. The molecular formula is C17H23FO. The Kier molecular flexibility index (Phi) is 4.38. The molecule has 0 spiro atoms. The Morgan fingerprint density at radius 1 is 1.21 bits per heavy atom. The highest BCUT2D eigenvalue weighted by atomic mass is 19.1. The molecule has 0 aliphatic heterocycles. The lowest BCUT2D eigenvalue weighted by Gasteiger charge is -2.28. The first-order valence-corrected chi connectivity index (χ1v) is 7.28. The lowest BCUT2D eigenvalue weighted by molar-refractivity contribution is -0.124. The minimum atomic E-state index is -0.417. The molecule has 0 atom stereocenters. The molecule has 0 aromatic heterocycles. The van der Waals surface area contributed by atoms with E-state index in [0.29, 0.717) is 17.8 Å². The van der Waals surface area contributed by atoms with Crippen molar-refractivity contribution in [1.82, 2.24) is 0 Å². The van der Waals surface area contributed by atoms with Gasteiger partial charge in [0.25, 0.3) is 0 Å². The average Bonchev–Trinajstić information content (AvgIpc) is 2.39. The Bertz CT molecular complexity index is 444. The van der Waals surface area contributed by atoms with Crippen molar-refractivity contribution >= 4 is 5.78 Å². The third kappa shape index (κ3) is 3.43. The number of carbonyl (C=O) groups excluding carboxylic acids is 1. The molecule has 1 aromatic carbocycles. The van der Waals surface area contributed by atoms with Crippen LogP contribution in [0.2, 0.25) is 0 Å². The van der Waals surface area contributed by atoms with Crippen molar-refractivity contribution in [3.8, 4) is 0 Å². The molecule has 1 saturated carbocycles. The smallest absolute Gasteiger partial charge is 0.136 e. The highest BCUT2D eigenvalue weighted by Crippen LogP contribution is 2.33. The molecule has 0 unspecified atom stereocenters. The van der Waals surface area contributed by atoms with Gasteiger partial charge < -0.3 is 0 Å². The van der Waals surface area contributed by atoms with Gasteiger partial charge in [-0.1, -0.05) is 51.3 Å². The molecule has 104 valence electrons. The maximum Gasteiger partial charge on any atom is 0.136 e. The molecule has 0 N–H and O–H groups in total. The van der Waals surface area contributed by atoms with E-state index in [0.717, 1.165) is 25.7 Å². The van der Waals surface area contributed by atoms with Gasteiger partial charge in [0.05, 0.1) is 0 Å². The Hall–Kier alpha value is -1.18. The predicted molar refractivity (Wildman–Crippen MR) is 75.6 cm³/mol. The Morgan fingerprint density at radius 3 is 2.47 bits per heavy atom. The molecule has 0 bridgehead atoms. The maximum absolute atomic E-state index is 13.9. The molecule has 19 heavy (non-hydrogen) atoms. The molecule has 1 aliphatic carbocycles. The third-order valence-corrected chi connectivity index (χ3v) is 4.28. The summed E-state index contributed by atoms with van der Waals surface area (Å²) in [7, 11) is 0. The monoisotopic (exact) mass is 262 g/mol. The van der Waals surface area contributed by atoms with Crippen LogP contribution >= 0.6 is 0 Å². The predicted octanol–water partition coefficient (Wildman–Crippen LogP) is 4.64. The summed E-state index contributed by atoms with van der Waals surface area (Å²) in [5.74, 6) is 0.316. The van der Waals surface area contributed by atoms with Gasteiger partial charge in [-0.05, 0) is 29.9 Å². The van der Waals surface area contributed by atoms with Gasteiger partial charge in [-0.2, -0.15) is 0 Å². The molecule has 0 heterocycles. The molecule has 1 fully saturated rings. The summed E-state index contributed by atoms with van der Waals surface area (Å²) in [4.78, 5) is 12.4. The van der Waals surface area contributed by atoms with Crippen molar-refractivity contribution in [2.45, 2.75) is 57.8 Å². The van der Waals surface area contributed by atoms with Crippen molar-refractivity contribution in [1.29, 1.82) is 0 Å². The van der Waals surface area contributed by atoms with Crippen LogP contribution in [0.5, 0.6) is 0 Å². The maximum atomic E-state index is 13.9. The average molecular weight is 262 g/mol. The van der Waals surface area contributed by atoms with Crippen molar-refractivity contribution in [2.24, 2.45) is 5.92 Å². The van der Waals surface area contributed by atoms with Crippen molar-refractivity contribution in [3.05, 3.63) is 35.6 Å². The summed E-state index contributed by atoms with van der Waals surface area (Å²) in [6.07, 6.45) is 6.06. The first kappa shape index (κ1) is 14.2. The van der Waals surface area contributed by atoms with Crippen LogP contribution in [0.25, 0.3) is 0 Å². The molecule has 0 amide bonds. The number of Topliss-reactive ketones (excluding diaryl/α,β-unsaturated/α-hetero) is 1. The van der Waals surface area contributed by atoms with E-state index in [9.17, 15) is 9.18 Å².